The van der Waals surface area contributed by atoms with Crippen LogP contribution in [0.1, 0.15) is 0 Å². The van der Waals surface area contributed by atoms with E-state index in [9.17, 15) is 18.1 Å². The molecule has 0 saturated heterocycles. The Balaban J connectivity index is 0.00000144. The van der Waals surface area contributed by atoms with E-state index in [1.807, 2.05) is 0 Å². The van der Waals surface area contributed by atoms with Crippen LogP contribution in [0, 0.1) is 0 Å². The zero-order chi connectivity index (χ0) is 11.9. The summed E-state index contributed by atoms with van der Waals surface area (Å²) in [6, 6.07) is 5.16. The maximum Gasteiger partial charge on any atom is 1.00 e. The Morgan fingerprint density at radius 2 is 1.88 bits per heavy atom. The SMILES string of the molecule is C[n+]1cccc2c(S(=O)(=O)[O-])ccc([O-])c21.[Na+]. The Labute approximate surface area is 121 Å². The van der Waals surface area contributed by atoms with Crippen molar-refractivity contribution < 1.29 is 52.2 Å². The summed E-state index contributed by atoms with van der Waals surface area (Å²) < 4.78 is 34.5. The number of rotatable bonds is 1. The predicted molar refractivity (Wildman–Crippen MR) is 52.5 cm³/mol. The van der Waals surface area contributed by atoms with Gasteiger partial charge in [0.15, 0.2) is 6.20 Å². The van der Waals surface area contributed by atoms with Gasteiger partial charge in [-0.25, -0.2) is 13.0 Å². The molecule has 0 bridgehead atoms. The van der Waals surface area contributed by atoms with Gasteiger partial charge in [0.05, 0.1) is 10.3 Å². The van der Waals surface area contributed by atoms with Crippen LogP contribution in [-0.4, -0.2) is 13.0 Å². The van der Waals surface area contributed by atoms with Crippen molar-refractivity contribution in [1.29, 1.82) is 0 Å². The molecule has 0 spiro atoms. The average molecular weight is 261 g/mol. The van der Waals surface area contributed by atoms with Gasteiger partial charge < -0.3 is 9.66 Å². The van der Waals surface area contributed by atoms with Crippen LogP contribution in [-0.2, 0) is 17.2 Å². The van der Waals surface area contributed by atoms with Crippen LogP contribution in [0.2, 0.25) is 0 Å². The quantitative estimate of drug-likeness (QED) is 0.305. The van der Waals surface area contributed by atoms with Crippen molar-refractivity contribution in [3.05, 3.63) is 30.5 Å². The van der Waals surface area contributed by atoms with Crippen LogP contribution in [0.5, 0.6) is 5.75 Å². The van der Waals surface area contributed by atoms with Crippen molar-refractivity contribution in [3.63, 3.8) is 0 Å². The Kier molecular flexibility index (Phi) is 4.16. The van der Waals surface area contributed by atoms with Gasteiger partial charge >= 0.3 is 29.6 Å². The monoisotopic (exact) mass is 261 g/mol. The van der Waals surface area contributed by atoms with Crippen molar-refractivity contribution in [3.8, 4) is 5.75 Å². The second-order valence-electron chi connectivity index (χ2n) is 3.40. The van der Waals surface area contributed by atoms with E-state index in [-0.39, 0.29) is 51.1 Å². The molecule has 0 atom stereocenters. The van der Waals surface area contributed by atoms with E-state index in [0.717, 1.165) is 12.1 Å². The Morgan fingerprint density at radius 1 is 1.24 bits per heavy atom. The minimum absolute atomic E-state index is 0. The summed E-state index contributed by atoms with van der Waals surface area (Å²) in [6.45, 7) is 0. The fourth-order valence-corrected chi connectivity index (χ4v) is 2.32. The molecule has 0 N–H and O–H groups in total. The van der Waals surface area contributed by atoms with Crippen molar-refractivity contribution in [2.75, 3.05) is 0 Å². The van der Waals surface area contributed by atoms with Gasteiger partial charge in [0.25, 0.3) is 0 Å². The van der Waals surface area contributed by atoms with E-state index in [2.05, 4.69) is 0 Å². The normalized spacial score (nSPS) is 11.2. The molecule has 84 valence electrons. The van der Waals surface area contributed by atoms with E-state index in [4.69, 9.17) is 0 Å². The van der Waals surface area contributed by atoms with E-state index >= 15 is 0 Å². The molecule has 17 heavy (non-hydrogen) atoms. The summed E-state index contributed by atoms with van der Waals surface area (Å²) >= 11 is 0. The van der Waals surface area contributed by atoms with Crippen LogP contribution < -0.4 is 39.2 Å². The largest absolute Gasteiger partial charge is 1.00 e. The molecule has 1 aromatic carbocycles. The number of aromatic nitrogens is 1. The first-order valence-electron chi connectivity index (χ1n) is 4.45. The maximum absolute atomic E-state index is 11.6. The number of fused-ring (bicyclic) bond motifs is 1. The molecular formula is C10H8NNaO4S. The maximum atomic E-state index is 11.6. The van der Waals surface area contributed by atoms with E-state index in [0.29, 0.717) is 0 Å². The van der Waals surface area contributed by atoms with Crippen LogP contribution in [0.3, 0.4) is 0 Å². The molecular weight excluding hydrogens is 253 g/mol. The second kappa shape index (κ2) is 4.91. The molecule has 1 aromatic heterocycles. The molecule has 5 nitrogen and oxygen atoms in total. The number of hydrogen-bond donors (Lipinski definition) is 0. The van der Waals surface area contributed by atoms with Gasteiger partial charge in [-0.05, 0) is 17.9 Å². The fraction of sp³-hybridized carbons (Fsp3) is 0.100. The van der Waals surface area contributed by atoms with Crippen LogP contribution in [0.15, 0.2) is 35.4 Å². The van der Waals surface area contributed by atoms with Crippen molar-refractivity contribution in [2.45, 2.75) is 4.90 Å². The van der Waals surface area contributed by atoms with Crippen molar-refractivity contribution in [2.24, 2.45) is 7.05 Å². The van der Waals surface area contributed by atoms with Gasteiger partial charge in [-0.2, -0.15) is 0 Å². The molecule has 0 aliphatic carbocycles. The Hall–Kier alpha value is -0.660. The molecule has 2 rings (SSSR count). The molecule has 0 fully saturated rings. The van der Waals surface area contributed by atoms with Gasteiger partial charge in [-0.1, -0.05) is 6.07 Å². The third-order valence-electron chi connectivity index (χ3n) is 2.33. The number of aryl methyl sites for hydroxylation is 1. The topological polar surface area (TPSA) is 84.1 Å². The molecule has 0 unspecified atom stereocenters. The van der Waals surface area contributed by atoms with Crippen molar-refractivity contribution >= 4 is 21.0 Å². The third-order valence-corrected chi connectivity index (χ3v) is 3.23. The summed E-state index contributed by atoms with van der Waals surface area (Å²) in [5, 5.41) is 11.7. The Bertz CT molecular complexity index is 661. The van der Waals surface area contributed by atoms with Gasteiger partial charge in [-0.3, -0.25) is 0 Å². The van der Waals surface area contributed by atoms with E-state index < -0.39 is 10.1 Å². The number of hydrogen-bond acceptors (Lipinski definition) is 4. The first-order chi connectivity index (χ1) is 7.41. The van der Waals surface area contributed by atoms with Crippen LogP contribution in [0.25, 0.3) is 10.9 Å². The van der Waals surface area contributed by atoms with Crippen LogP contribution in [0.4, 0.5) is 0 Å². The molecule has 0 aliphatic heterocycles. The standard InChI is InChI=1S/C10H9NO4S.Na/c1-11-6-2-3-7-9(16(13,14)15)5-4-8(12)10(7)11;/h2-6H,1H3,(H-,12,13,14,15);/q;+1/p-1. The summed E-state index contributed by atoms with van der Waals surface area (Å²) in [6.07, 6.45) is 1.62. The molecule has 0 saturated carbocycles. The predicted octanol–water partition coefficient (Wildman–Crippen LogP) is -3.35. The van der Waals surface area contributed by atoms with Gasteiger partial charge in [0, 0.05) is 6.07 Å². The molecule has 7 heteroatoms. The molecule has 0 radical (unpaired) electrons. The van der Waals surface area contributed by atoms with E-state index in [1.165, 1.54) is 10.6 Å². The zero-order valence-electron chi connectivity index (χ0n) is 9.38. The summed E-state index contributed by atoms with van der Waals surface area (Å²) in [4.78, 5) is -0.363. The first kappa shape index (κ1) is 14.4. The van der Waals surface area contributed by atoms with Crippen molar-refractivity contribution in [1.82, 2.24) is 0 Å². The fourth-order valence-electron chi connectivity index (χ4n) is 1.66. The second-order valence-corrected chi connectivity index (χ2v) is 4.75. The molecule has 2 aromatic rings. The molecule has 0 aliphatic rings. The number of nitrogens with zero attached hydrogens (tertiary/aromatic N) is 1. The third kappa shape index (κ3) is 2.61. The average Bonchev–Trinajstić information content (AvgIpc) is 2.16. The summed E-state index contributed by atoms with van der Waals surface area (Å²) in [5.41, 5.74) is 0.208. The van der Waals surface area contributed by atoms with Gasteiger partial charge in [0.2, 0.25) is 5.52 Å². The summed E-state index contributed by atoms with van der Waals surface area (Å²) in [7, 11) is -2.95. The number of benzene rings is 1. The van der Waals surface area contributed by atoms with Crippen LogP contribution >= 0.6 is 0 Å². The minimum Gasteiger partial charge on any atom is -0.868 e. The molecule has 0 amide bonds. The van der Waals surface area contributed by atoms with Gasteiger partial charge in [0.1, 0.15) is 17.2 Å². The number of pyridine rings is 1. The van der Waals surface area contributed by atoms with Gasteiger partial charge in [-0.15, -0.1) is 0 Å². The zero-order valence-corrected chi connectivity index (χ0v) is 12.2. The van der Waals surface area contributed by atoms with E-state index in [1.54, 1.807) is 19.3 Å². The first-order valence-corrected chi connectivity index (χ1v) is 5.86. The molecule has 1 heterocycles. The smallest absolute Gasteiger partial charge is 0.868 e. The minimum atomic E-state index is -4.57. The Morgan fingerprint density at radius 3 is 2.47 bits per heavy atom. The summed E-state index contributed by atoms with van der Waals surface area (Å²) in [5.74, 6) is -0.314.